The average molecular weight is 278 g/mol. The van der Waals surface area contributed by atoms with Crippen LogP contribution in [-0.4, -0.2) is 4.98 Å². The molecule has 20 heavy (non-hydrogen) atoms. The van der Waals surface area contributed by atoms with E-state index < -0.39 is 17.3 Å². The van der Waals surface area contributed by atoms with Gasteiger partial charge in [0.05, 0.1) is 22.9 Å². The summed E-state index contributed by atoms with van der Waals surface area (Å²) < 4.78 is 43.8. The molecule has 3 nitrogen and oxygen atoms in total. The first kappa shape index (κ1) is 13.9. The number of aromatic nitrogens is 1. The van der Waals surface area contributed by atoms with Gasteiger partial charge in [-0.2, -0.15) is 18.4 Å². The molecule has 1 heterocycles. The smallest absolute Gasteiger partial charge is 0.417 e. The summed E-state index contributed by atoms with van der Waals surface area (Å²) in [4.78, 5) is 3.98. The number of ether oxygens (including phenoxy) is 1. The highest BCUT2D eigenvalue weighted by Crippen LogP contribution is 2.35. The number of alkyl halides is 3. The molecule has 0 radical (unpaired) electrons. The summed E-state index contributed by atoms with van der Waals surface area (Å²) in [5.74, 6) is 0.373. The zero-order valence-corrected chi connectivity index (χ0v) is 10.4. The molecule has 0 fully saturated rings. The molecule has 1 aromatic carbocycles. The Morgan fingerprint density at radius 3 is 2.60 bits per heavy atom. The summed E-state index contributed by atoms with van der Waals surface area (Å²) in [6, 6.07) is 7.96. The van der Waals surface area contributed by atoms with Crippen molar-refractivity contribution in [3.8, 4) is 17.6 Å². The standard InChI is InChI=1S/C14H9F3N2O/c1-9-13(3-2-6-19-9)20-11-5-4-10(8-18)12(7-11)14(15,16)17/h2-7H,1H3. The summed E-state index contributed by atoms with van der Waals surface area (Å²) in [7, 11) is 0. The molecule has 102 valence electrons. The van der Waals surface area contributed by atoms with Gasteiger partial charge in [-0.15, -0.1) is 0 Å². The molecule has 0 aliphatic heterocycles. The topological polar surface area (TPSA) is 45.9 Å². The highest BCUT2D eigenvalue weighted by Gasteiger charge is 2.34. The normalized spacial score (nSPS) is 10.9. The minimum atomic E-state index is -4.60. The monoisotopic (exact) mass is 278 g/mol. The molecule has 1 aromatic heterocycles. The van der Waals surface area contributed by atoms with Gasteiger partial charge < -0.3 is 4.74 Å². The lowest BCUT2D eigenvalue weighted by atomic mass is 10.1. The Balaban J connectivity index is 2.40. The molecule has 0 N–H and O–H groups in total. The van der Waals surface area contributed by atoms with Crippen LogP contribution in [0.2, 0.25) is 0 Å². The van der Waals surface area contributed by atoms with E-state index in [2.05, 4.69) is 4.98 Å². The Hall–Kier alpha value is -2.55. The van der Waals surface area contributed by atoms with E-state index >= 15 is 0 Å². The second-order valence-corrected chi connectivity index (χ2v) is 4.01. The van der Waals surface area contributed by atoms with Gasteiger partial charge in [0.2, 0.25) is 0 Å². The fourth-order valence-electron chi connectivity index (χ4n) is 1.62. The van der Waals surface area contributed by atoms with E-state index in [1.54, 1.807) is 25.3 Å². The summed E-state index contributed by atoms with van der Waals surface area (Å²) in [5.41, 5.74) is -0.891. The number of hydrogen-bond acceptors (Lipinski definition) is 3. The quantitative estimate of drug-likeness (QED) is 0.831. The lowest BCUT2D eigenvalue weighted by molar-refractivity contribution is -0.137. The van der Waals surface area contributed by atoms with Crippen LogP contribution in [0.1, 0.15) is 16.8 Å². The Morgan fingerprint density at radius 1 is 1.25 bits per heavy atom. The molecule has 0 spiro atoms. The molecule has 0 bridgehead atoms. The van der Waals surface area contributed by atoms with Crippen LogP contribution in [0.15, 0.2) is 36.5 Å². The van der Waals surface area contributed by atoms with Crippen molar-refractivity contribution in [2.45, 2.75) is 13.1 Å². The van der Waals surface area contributed by atoms with Crippen LogP contribution < -0.4 is 4.74 Å². The van der Waals surface area contributed by atoms with Gasteiger partial charge in [-0.3, -0.25) is 4.98 Å². The number of hydrogen-bond donors (Lipinski definition) is 0. The summed E-state index contributed by atoms with van der Waals surface area (Å²) in [5, 5.41) is 8.71. The van der Waals surface area contributed by atoms with Gasteiger partial charge in [0.15, 0.2) is 0 Å². The van der Waals surface area contributed by atoms with E-state index in [1.807, 2.05) is 0 Å². The number of aryl methyl sites for hydroxylation is 1. The van der Waals surface area contributed by atoms with Crippen molar-refractivity contribution in [1.29, 1.82) is 5.26 Å². The van der Waals surface area contributed by atoms with E-state index in [4.69, 9.17) is 10.00 Å². The molecule has 0 saturated heterocycles. The van der Waals surface area contributed by atoms with Gasteiger partial charge >= 0.3 is 6.18 Å². The Kier molecular flexibility index (Phi) is 3.61. The lowest BCUT2D eigenvalue weighted by Crippen LogP contribution is -2.08. The first-order valence-electron chi connectivity index (χ1n) is 5.62. The average Bonchev–Trinajstić information content (AvgIpc) is 2.40. The predicted octanol–water partition coefficient (Wildman–Crippen LogP) is 4.07. The zero-order chi connectivity index (χ0) is 14.8. The number of rotatable bonds is 2. The molecule has 0 atom stereocenters. The first-order chi connectivity index (χ1) is 9.41. The van der Waals surface area contributed by atoms with Crippen LogP contribution in [0.4, 0.5) is 13.2 Å². The van der Waals surface area contributed by atoms with Gasteiger partial charge in [-0.25, -0.2) is 0 Å². The maximum absolute atomic E-state index is 12.8. The van der Waals surface area contributed by atoms with Gasteiger partial charge in [-0.05, 0) is 37.3 Å². The second-order valence-electron chi connectivity index (χ2n) is 4.01. The van der Waals surface area contributed by atoms with Crippen molar-refractivity contribution in [3.63, 3.8) is 0 Å². The molecule has 0 aliphatic rings. The van der Waals surface area contributed by atoms with E-state index in [-0.39, 0.29) is 5.75 Å². The molecule has 0 amide bonds. The minimum Gasteiger partial charge on any atom is -0.455 e. The Bertz CT molecular complexity index is 675. The third-order valence-corrected chi connectivity index (χ3v) is 2.60. The first-order valence-corrected chi connectivity index (χ1v) is 5.62. The van der Waals surface area contributed by atoms with E-state index in [1.165, 1.54) is 12.1 Å². The Morgan fingerprint density at radius 2 is 2.00 bits per heavy atom. The predicted molar refractivity (Wildman–Crippen MR) is 65.2 cm³/mol. The highest BCUT2D eigenvalue weighted by atomic mass is 19.4. The van der Waals surface area contributed by atoms with Crippen molar-refractivity contribution >= 4 is 0 Å². The third kappa shape index (κ3) is 2.88. The van der Waals surface area contributed by atoms with Crippen molar-refractivity contribution in [2.75, 3.05) is 0 Å². The molecule has 0 saturated carbocycles. The van der Waals surface area contributed by atoms with Gasteiger partial charge in [0.25, 0.3) is 0 Å². The van der Waals surface area contributed by atoms with Crippen LogP contribution in [0, 0.1) is 18.3 Å². The van der Waals surface area contributed by atoms with Gasteiger partial charge in [0.1, 0.15) is 11.5 Å². The van der Waals surface area contributed by atoms with Crippen LogP contribution in [0.3, 0.4) is 0 Å². The largest absolute Gasteiger partial charge is 0.455 e. The summed E-state index contributed by atoms with van der Waals surface area (Å²) in [6.07, 6.45) is -3.05. The minimum absolute atomic E-state index is 0.00688. The maximum atomic E-state index is 12.8. The molecule has 2 aromatic rings. The highest BCUT2D eigenvalue weighted by molar-refractivity contribution is 5.45. The molecular weight excluding hydrogens is 269 g/mol. The number of pyridine rings is 1. The lowest BCUT2D eigenvalue weighted by Gasteiger charge is -2.12. The number of nitrogens with zero attached hydrogens (tertiary/aromatic N) is 2. The van der Waals surface area contributed by atoms with Crippen LogP contribution in [0.25, 0.3) is 0 Å². The fourth-order valence-corrected chi connectivity index (χ4v) is 1.62. The van der Waals surface area contributed by atoms with E-state index in [9.17, 15) is 13.2 Å². The van der Waals surface area contributed by atoms with Crippen molar-refractivity contribution in [1.82, 2.24) is 4.98 Å². The van der Waals surface area contributed by atoms with Crippen molar-refractivity contribution in [3.05, 3.63) is 53.3 Å². The maximum Gasteiger partial charge on any atom is 0.417 e. The van der Waals surface area contributed by atoms with Gasteiger partial charge in [0, 0.05) is 6.20 Å². The van der Waals surface area contributed by atoms with Crippen molar-refractivity contribution < 1.29 is 17.9 Å². The third-order valence-electron chi connectivity index (χ3n) is 2.60. The van der Waals surface area contributed by atoms with Crippen molar-refractivity contribution in [2.24, 2.45) is 0 Å². The Labute approximate surface area is 113 Å². The zero-order valence-electron chi connectivity index (χ0n) is 10.4. The molecular formula is C14H9F3N2O. The van der Waals surface area contributed by atoms with Gasteiger partial charge in [-0.1, -0.05) is 0 Å². The summed E-state index contributed by atoms with van der Waals surface area (Å²) >= 11 is 0. The van der Waals surface area contributed by atoms with Crippen LogP contribution in [0.5, 0.6) is 11.5 Å². The molecule has 2 rings (SSSR count). The summed E-state index contributed by atoms with van der Waals surface area (Å²) in [6.45, 7) is 1.68. The van der Waals surface area contributed by atoms with E-state index in [0.717, 1.165) is 12.1 Å². The SMILES string of the molecule is Cc1ncccc1Oc1ccc(C#N)c(C(F)(F)F)c1. The van der Waals surface area contributed by atoms with E-state index in [0.29, 0.717) is 11.4 Å². The molecule has 0 unspecified atom stereocenters. The second kappa shape index (κ2) is 5.21. The molecule has 6 heteroatoms. The van der Waals surface area contributed by atoms with Crippen LogP contribution >= 0.6 is 0 Å². The number of nitriles is 1. The number of benzene rings is 1. The molecule has 0 aliphatic carbocycles. The fraction of sp³-hybridized carbons (Fsp3) is 0.143. The number of halogens is 3. The van der Waals surface area contributed by atoms with Crippen LogP contribution in [-0.2, 0) is 6.18 Å².